The first-order valence-electron chi connectivity index (χ1n) is 4.82. The Morgan fingerprint density at radius 3 is 2.53 bits per heavy atom. The normalized spacial score (nSPS) is 12.4. The number of benzene rings is 1. The summed E-state index contributed by atoms with van der Waals surface area (Å²) >= 11 is 5.74. The maximum absolute atomic E-state index is 10.4. The molecule has 1 aromatic carbocycles. The Labute approximate surface area is 93.9 Å². The summed E-state index contributed by atoms with van der Waals surface area (Å²) in [4.78, 5) is 10.4. The fourth-order valence-electron chi connectivity index (χ4n) is 1.30. The predicted octanol–water partition coefficient (Wildman–Crippen LogP) is 2.07. The zero-order chi connectivity index (χ0) is 11.3. The first-order chi connectivity index (χ1) is 7.09. The van der Waals surface area contributed by atoms with E-state index < -0.39 is 12.0 Å². The zero-order valence-corrected chi connectivity index (χ0v) is 9.07. The fourth-order valence-corrected chi connectivity index (χ4v) is 1.43. The predicted molar refractivity (Wildman–Crippen MR) is 60.0 cm³/mol. The van der Waals surface area contributed by atoms with Crippen molar-refractivity contribution in [2.24, 2.45) is 5.73 Å². The molecule has 0 bridgehead atoms. The van der Waals surface area contributed by atoms with Gasteiger partial charge in [-0.3, -0.25) is 4.79 Å². The van der Waals surface area contributed by atoms with E-state index in [0.29, 0.717) is 11.4 Å². The van der Waals surface area contributed by atoms with Gasteiger partial charge in [-0.15, -0.1) is 0 Å². The van der Waals surface area contributed by atoms with Crippen LogP contribution in [0.2, 0.25) is 5.02 Å². The van der Waals surface area contributed by atoms with Crippen molar-refractivity contribution >= 4 is 17.6 Å². The molecule has 15 heavy (non-hydrogen) atoms. The van der Waals surface area contributed by atoms with E-state index in [1.54, 1.807) is 0 Å². The first kappa shape index (κ1) is 12.0. The van der Waals surface area contributed by atoms with E-state index in [1.165, 1.54) is 0 Å². The third kappa shape index (κ3) is 4.32. The molecule has 1 atom stereocenters. The van der Waals surface area contributed by atoms with Crippen LogP contribution in [0.3, 0.4) is 0 Å². The molecule has 0 spiro atoms. The van der Waals surface area contributed by atoms with Gasteiger partial charge in [-0.25, -0.2) is 0 Å². The topological polar surface area (TPSA) is 63.3 Å². The minimum Gasteiger partial charge on any atom is -0.480 e. The number of halogens is 1. The number of aliphatic carboxylic acids is 1. The molecule has 1 aromatic rings. The second-order valence-corrected chi connectivity index (χ2v) is 3.90. The van der Waals surface area contributed by atoms with Crippen molar-refractivity contribution < 1.29 is 9.90 Å². The molecule has 0 unspecified atom stereocenters. The molecule has 0 amide bonds. The Morgan fingerprint density at radius 1 is 1.40 bits per heavy atom. The zero-order valence-electron chi connectivity index (χ0n) is 8.32. The maximum Gasteiger partial charge on any atom is 0.320 e. The molecule has 0 aliphatic rings. The van der Waals surface area contributed by atoms with E-state index in [0.717, 1.165) is 18.4 Å². The van der Waals surface area contributed by atoms with E-state index in [4.69, 9.17) is 22.4 Å². The van der Waals surface area contributed by atoms with Crippen molar-refractivity contribution in [3.63, 3.8) is 0 Å². The largest absolute Gasteiger partial charge is 0.480 e. The highest BCUT2D eigenvalue weighted by molar-refractivity contribution is 6.30. The molecule has 0 aliphatic carbocycles. The Hall–Kier alpha value is -1.06. The number of carbonyl (C=O) groups is 1. The summed E-state index contributed by atoms with van der Waals surface area (Å²) in [7, 11) is 0. The van der Waals surface area contributed by atoms with Crippen molar-refractivity contribution in [1.29, 1.82) is 0 Å². The van der Waals surface area contributed by atoms with Gasteiger partial charge < -0.3 is 10.8 Å². The smallest absolute Gasteiger partial charge is 0.320 e. The van der Waals surface area contributed by atoms with Gasteiger partial charge in [0, 0.05) is 5.02 Å². The second kappa shape index (κ2) is 5.73. The lowest BCUT2D eigenvalue weighted by atomic mass is 10.1. The van der Waals surface area contributed by atoms with Crippen LogP contribution in [0.4, 0.5) is 0 Å². The standard InChI is InChI=1S/C11H14ClNO2/c12-9-6-4-8(5-7-9)2-1-3-10(13)11(14)15/h4-7,10H,1-3,13H2,(H,14,15)/t10-/m0/s1. The number of carboxylic acid groups (broad SMARTS) is 1. The van der Waals surface area contributed by atoms with Crippen LogP contribution >= 0.6 is 11.6 Å². The summed E-state index contributed by atoms with van der Waals surface area (Å²) in [6, 6.07) is 6.78. The quantitative estimate of drug-likeness (QED) is 0.810. The van der Waals surface area contributed by atoms with Gasteiger partial charge in [0.1, 0.15) is 6.04 Å². The number of hydrogen-bond acceptors (Lipinski definition) is 2. The SMILES string of the molecule is N[C@@H](CCCc1ccc(Cl)cc1)C(=O)O. The lowest BCUT2D eigenvalue weighted by Crippen LogP contribution is -2.29. The molecule has 0 aliphatic heterocycles. The molecule has 3 nitrogen and oxygen atoms in total. The minimum absolute atomic E-state index is 0.498. The maximum atomic E-state index is 10.4. The third-order valence-corrected chi connectivity index (χ3v) is 2.46. The van der Waals surface area contributed by atoms with Gasteiger partial charge in [-0.05, 0) is 37.0 Å². The molecule has 3 N–H and O–H groups in total. The van der Waals surface area contributed by atoms with Crippen LogP contribution in [0, 0.1) is 0 Å². The van der Waals surface area contributed by atoms with Gasteiger partial charge in [0.05, 0.1) is 0 Å². The Balaban J connectivity index is 2.32. The third-order valence-electron chi connectivity index (χ3n) is 2.21. The molecular formula is C11H14ClNO2. The Bertz CT molecular complexity index is 324. The molecule has 1 rings (SSSR count). The van der Waals surface area contributed by atoms with E-state index in [9.17, 15) is 4.79 Å². The summed E-state index contributed by atoms with van der Waals surface area (Å²) in [5.41, 5.74) is 6.53. The Kier molecular flexibility index (Phi) is 4.59. The number of rotatable bonds is 5. The summed E-state index contributed by atoms with van der Waals surface area (Å²) < 4.78 is 0. The van der Waals surface area contributed by atoms with Crippen molar-refractivity contribution in [2.45, 2.75) is 25.3 Å². The summed E-state index contributed by atoms with van der Waals surface area (Å²) in [5.74, 6) is -0.939. The van der Waals surface area contributed by atoms with Gasteiger partial charge in [0.25, 0.3) is 0 Å². The van der Waals surface area contributed by atoms with Crippen molar-refractivity contribution in [2.75, 3.05) is 0 Å². The lowest BCUT2D eigenvalue weighted by molar-refractivity contribution is -0.138. The molecule has 0 saturated heterocycles. The van der Waals surface area contributed by atoms with Gasteiger partial charge >= 0.3 is 5.97 Å². The Morgan fingerprint density at radius 2 is 2.00 bits per heavy atom. The molecule has 0 radical (unpaired) electrons. The van der Waals surface area contributed by atoms with Crippen LogP contribution in [-0.2, 0) is 11.2 Å². The number of hydrogen-bond donors (Lipinski definition) is 2. The summed E-state index contributed by atoms with van der Waals surface area (Å²) in [5, 5.41) is 9.28. The van der Waals surface area contributed by atoms with E-state index in [1.807, 2.05) is 24.3 Å². The minimum atomic E-state index is -0.939. The molecule has 0 aromatic heterocycles. The summed E-state index contributed by atoms with van der Waals surface area (Å²) in [6.45, 7) is 0. The monoisotopic (exact) mass is 227 g/mol. The second-order valence-electron chi connectivity index (χ2n) is 3.46. The van der Waals surface area contributed by atoms with Crippen LogP contribution in [0.5, 0.6) is 0 Å². The van der Waals surface area contributed by atoms with E-state index in [-0.39, 0.29) is 0 Å². The van der Waals surface area contributed by atoms with Gasteiger partial charge in [-0.2, -0.15) is 0 Å². The summed E-state index contributed by atoms with van der Waals surface area (Å²) in [6.07, 6.45) is 2.10. The fraction of sp³-hybridized carbons (Fsp3) is 0.364. The van der Waals surface area contributed by atoms with Crippen LogP contribution in [-0.4, -0.2) is 17.1 Å². The number of nitrogens with two attached hydrogens (primary N) is 1. The highest BCUT2D eigenvalue weighted by Gasteiger charge is 2.10. The van der Waals surface area contributed by atoms with Crippen LogP contribution < -0.4 is 5.73 Å². The molecular weight excluding hydrogens is 214 g/mol. The average molecular weight is 228 g/mol. The molecule has 4 heteroatoms. The molecule has 0 fully saturated rings. The van der Waals surface area contributed by atoms with Crippen molar-refractivity contribution in [3.8, 4) is 0 Å². The van der Waals surface area contributed by atoms with Gasteiger partial charge in [0.15, 0.2) is 0 Å². The highest BCUT2D eigenvalue weighted by atomic mass is 35.5. The van der Waals surface area contributed by atoms with Crippen molar-refractivity contribution in [1.82, 2.24) is 0 Å². The van der Waals surface area contributed by atoms with Crippen LogP contribution in [0.15, 0.2) is 24.3 Å². The molecule has 0 heterocycles. The average Bonchev–Trinajstić information content (AvgIpc) is 2.20. The van der Waals surface area contributed by atoms with E-state index >= 15 is 0 Å². The van der Waals surface area contributed by atoms with Crippen LogP contribution in [0.25, 0.3) is 0 Å². The van der Waals surface area contributed by atoms with Gasteiger partial charge in [-0.1, -0.05) is 23.7 Å². The molecule has 0 saturated carbocycles. The van der Waals surface area contributed by atoms with Crippen molar-refractivity contribution in [3.05, 3.63) is 34.9 Å². The lowest BCUT2D eigenvalue weighted by Gasteiger charge is -2.05. The first-order valence-corrected chi connectivity index (χ1v) is 5.20. The molecule has 82 valence electrons. The van der Waals surface area contributed by atoms with Gasteiger partial charge in [0.2, 0.25) is 0 Å². The van der Waals surface area contributed by atoms with Crippen LogP contribution in [0.1, 0.15) is 18.4 Å². The number of carboxylic acids is 1. The highest BCUT2D eigenvalue weighted by Crippen LogP contribution is 2.11. The van der Waals surface area contributed by atoms with E-state index in [2.05, 4.69) is 0 Å². The number of aryl methyl sites for hydroxylation is 1.